The number of benzene rings is 1. The maximum absolute atomic E-state index is 13.0. The van der Waals surface area contributed by atoms with Crippen molar-refractivity contribution in [3.63, 3.8) is 0 Å². The summed E-state index contributed by atoms with van der Waals surface area (Å²) in [4.78, 5) is 10.9. The number of hydrogen-bond donors (Lipinski definition) is 0. The van der Waals surface area contributed by atoms with Crippen molar-refractivity contribution in [2.45, 2.75) is 27.1 Å². The molecule has 2 heterocycles. The Kier molecular flexibility index (Phi) is 4.23. The van der Waals surface area contributed by atoms with E-state index in [2.05, 4.69) is 14.9 Å². The van der Waals surface area contributed by atoms with Crippen molar-refractivity contribution >= 4 is 18.0 Å². The summed E-state index contributed by atoms with van der Waals surface area (Å²) in [6.45, 7) is 5.21. The van der Waals surface area contributed by atoms with Gasteiger partial charge in [-0.25, -0.2) is 18.6 Å². The number of aromatic nitrogens is 4. The topological polar surface area (TPSA) is 38.4 Å². The van der Waals surface area contributed by atoms with Crippen molar-refractivity contribution in [3.05, 3.63) is 57.9 Å². The standard InChI is InChI=1S/C16H18FN5S/c1-11-8-12(2)22-15(18-11)19-16(23)21(22)10-20(3)9-13-4-6-14(17)7-5-13/h4-8H,9-10H2,1-3H3. The molecule has 0 aliphatic rings. The van der Waals surface area contributed by atoms with Gasteiger partial charge >= 0.3 is 0 Å². The smallest absolute Gasteiger partial charge is 0.252 e. The Morgan fingerprint density at radius 2 is 1.87 bits per heavy atom. The van der Waals surface area contributed by atoms with Crippen LogP contribution in [0.1, 0.15) is 17.0 Å². The minimum atomic E-state index is -0.225. The van der Waals surface area contributed by atoms with Crippen LogP contribution < -0.4 is 0 Å². The van der Waals surface area contributed by atoms with Crippen molar-refractivity contribution in [1.29, 1.82) is 0 Å². The minimum Gasteiger partial charge on any atom is -0.283 e. The largest absolute Gasteiger partial charge is 0.283 e. The van der Waals surface area contributed by atoms with Gasteiger partial charge in [-0.05, 0) is 56.9 Å². The van der Waals surface area contributed by atoms with Crippen LogP contribution in [0.3, 0.4) is 0 Å². The SMILES string of the molecule is Cc1cc(C)n2c(n1)nc(=S)n2CN(C)Cc1ccc(F)cc1. The lowest BCUT2D eigenvalue weighted by atomic mass is 10.2. The molecule has 7 heteroatoms. The highest BCUT2D eigenvalue weighted by atomic mass is 32.1. The third kappa shape index (κ3) is 3.30. The number of hydrogen-bond acceptors (Lipinski definition) is 4. The summed E-state index contributed by atoms with van der Waals surface area (Å²) in [7, 11) is 1.99. The summed E-state index contributed by atoms with van der Waals surface area (Å²) in [6, 6.07) is 8.52. The van der Waals surface area contributed by atoms with E-state index in [4.69, 9.17) is 12.2 Å². The molecule has 120 valence electrons. The normalized spacial score (nSPS) is 11.5. The molecule has 1 aromatic carbocycles. The predicted octanol–water partition coefficient (Wildman–Crippen LogP) is 3.11. The van der Waals surface area contributed by atoms with E-state index in [1.54, 1.807) is 12.1 Å². The van der Waals surface area contributed by atoms with E-state index in [0.717, 1.165) is 17.0 Å². The fraction of sp³-hybridized carbons (Fsp3) is 0.312. The summed E-state index contributed by atoms with van der Waals surface area (Å²) in [5.74, 6) is 0.389. The molecule has 0 saturated heterocycles. The van der Waals surface area contributed by atoms with Crippen LogP contribution in [-0.2, 0) is 13.2 Å². The molecule has 0 unspecified atom stereocenters. The van der Waals surface area contributed by atoms with E-state index in [9.17, 15) is 4.39 Å². The first-order valence-corrected chi connectivity index (χ1v) is 7.71. The van der Waals surface area contributed by atoms with Gasteiger partial charge in [0.05, 0.1) is 6.67 Å². The van der Waals surface area contributed by atoms with E-state index < -0.39 is 0 Å². The number of rotatable bonds is 4. The maximum Gasteiger partial charge on any atom is 0.252 e. The number of halogens is 1. The lowest BCUT2D eigenvalue weighted by Crippen LogP contribution is -2.24. The van der Waals surface area contributed by atoms with Gasteiger partial charge in [0.1, 0.15) is 5.82 Å². The molecule has 0 radical (unpaired) electrons. The van der Waals surface area contributed by atoms with Gasteiger partial charge in [0.15, 0.2) is 0 Å². The van der Waals surface area contributed by atoms with Gasteiger partial charge in [-0.1, -0.05) is 12.1 Å². The highest BCUT2D eigenvalue weighted by molar-refractivity contribution is 7.71. The molecule has 0 fully saturated rings. The summed E-state index contributed by atoms with van der Waals surface area (Å²) < 4.78 is 17.3. The molecular weight excluding hydrogens is 313 g/mol. The van der Waals surface area contributed by atoms with E-state index in [1.807, 2.05) is 36.2 Å². The molecular formula is C16H18FN5S. The van der Waals surface area contributed by atoms with Gasteiger partial charge in [-0.2, -0.15) is 4.98 Å². The molecule has 0 saturated carbocycles. The Morgan fingerprint density at radius 1 is 1.17 bits per heavy atom. The van der Waals surface area contributed by atoms with Crippen LogP contribution >= 0.6 is 12.2 Å². The highest BCUT2D eigenvalue weighted by Gasteiger charge is 2.10. The summed E-state index contributed by atoms with van der Waals surface area (Å²) in [6.07, 6.45) is 0. The molecule has 0 amide bonds. The first-order chi connectivity index (χ1) is 10.9. The number of nitrogens with zero attached hydrogens (tertiary/aromatic N) is 5. The van der Waals surface area contributed by atoms with Gasteiger partial charge in [0, 0.05) is 17.9 Å². The van der Waals surface area contributed by atoms with Gasteiger partial charge in [-0.15, -0.1) is 0 Å². The van der Waals surface area contributed by atoms with Crippen LogP contribution in [-0.4, -0.2) is 31.1 Å². The lowest BCUT2D eigenvalue weighted by Gasteiger charge is -2.18. The van der Waals surface area contributed by atoms with E-state index >= 15 is 0 Å². The van der Waals surface area contributed by atoms with E-state index in [1.165, 1.54) is 12.1 Å². The van der Waals surface area contributed by atoms with Crippen molar-refractivity contribution in [2.24, 2.45) is 0 Å². The quantitative estimate of drug-likeness (QED) is 0.689. The Morgan fingerprint density at radius 3 is 2.57 bits per heavy atom. The molecule has 0 aliphatic carbocycles. The lowest BCUT2D eigenvalue weighted by molar-refractivity contribution is 0.238. The van der Waals surface area contributed by atoms with Crippen LogP contribution in [0.5, 0.6) is 0 Å². The van der Waals surface area contributed by atoms with E-state index in [-0.39, 0.29) is 5.82 Å². The summed E-state index contributed by atoms with van der Waals surface area (Å²) in [5.41, 5.74) is 2.99. The van der Waals surface area contributed by atoms with Crippen LogP contribution in [0.15, 0.2) is 30.3 Å². The second-order valence-electron chi connectivity index (χ2n) is 5.73. The molecule has 3 aromatic rings. The van der Waals surface area contributed by atoms with Crippen molar-refractivity contribution < 1.29 is 4.39 Å². The third-order valence-electron chi connectivity index (χ3n) is 3.62. The fourth-order valence-corrected chi connectivity index (χ4v) is 2.88. The zero-order chi connectivity index (χ0) is 16.6. The second-order valence-corrected chi connectivity index (χ2v) is 6.09. The molecule has 0 bridgehead atoms. The fourth-order valence-electron chi connectivity index (χ4n) is 2.66. The van der Waals surface area contributed by atoms with Crippen LogP contribution in [0.4, 0.5) is 4.39 Å². The molecule has 0 atom stereocenters. The molecule has 2 aromatic heterocycles. The van der Waals surface area contributed by atoms with Crippen molar-refractivity contribution in [1.82, 2.24) is 24.1 Å². The van der Waals surface area contributed by atoms with Gasteiger partial charge in [-0.3, -0.25) is 4.90 Å². The monoisotopic (exact) mass is 331 g/mol. The molecule has 23 heavy (non-hydrogen) atoms. The predicted molar refractivity (Wildman–Crippen MR) is 89.2 cm³/mol. The van der Waals surface area contributed by atoms with Gasteiger partial charge in [0.25, 0.3) is 5.78 Å². The zero-order valence-corrected chi connectivity index (χ0v) is 14.1. The van der Waals surface area contributed by atoms with Crippen molar-refractivity contribution in [3.8, 4) is 0 Å². The van der Waals surface area contributed by atoms with Crippen LogP contribution in [0, 0.1) is 24.4 Å². The highest BCUT2D eigenvalue weighted by Crippen LogP contribution is 2.10. The summed E-state index contributed by atoms with van der Waals surface area (Å²) in [5, 5.41) is 0. The van der Waals surface area contributed by atoms with Crippen molar-refractivity contribution in [2.75, 3.05) is 7.05 Å². The molecule has 0 spiro atoms. The van der Waals surface area contributed by atoms with Crippen LogP contribution in [0.2, 0.25) is 0 Å². The molecule has 0 N–H and O–H groups in total. The second kappa shape index (κ2) is 6.17. The van der Waals surface area contributed by atoms with Gasteiger partial charge in [0.2, 0.25) is 4.77 Å². The third-order valence-corrected chi connectivity index (χ3v) is 3.92. The van der Waals surface area contributed by atoms with E-state index in [0.29, 0.717) is 23.8 Å². The molecule has 5 nitrogen and oxygen atoms in total. The average molecular weight is 331 g/mol. The Balaban J connectivity index is 1.87. The summed E-state index contributed by atoms with van der Waals surface area (Å²) >= 11 is 5.37. The zero-order valence-electron chi connectivity index (χ0n) is 13.3. The Hall–Kier alpha value is -2.12. The first kappa shape index (κ1) is 15.8. The Labute approximate surface area is 139 Å². The van der Waals surface area contributed by atoms with Gasteiger partial charge < -0.3 is 0 Å². The number of aryl methyl sites for hydroxylation is 2. The minimum absolute atomic E-state index is 0.225. The Bertz CT molecular complexity index is 897. The first-order valence-electron chi connectivity index (χ1n) is 7.31. The number of fused-ring (bicyclic) bond motifs is 1. The molecule has 0 aliphatic heterocycles. The average Bonchev–Trinajstić information content (AvgIpc) is 2.77. The maximum atomic E-state index is 13.0. The van der Waals surface area contributed by atoms with Crippen LogP contribution in [0.25, 0.3) is 5.78 Å². The molecule has 3 rings (SSSR count).